The van der Waals surface area contributed by atoms with Gasteiger partial charge in [0.1, 0.15) is 11.9 Å². The average Bonchev–Trinajstić information content (AvgIpc) is 2.66. The summed E-state index contributed by atoms with van der Waals surface area (Å²) < 4.78 is 14.7. The maximum absolute atomic E-state index is 13.0. The minimum atomic E-state index is -0.408. The first-order chi connectivity index (χ1) is 8.60. The van der Waals surface area contributed by atoms with E-state index < -0.39 is 5.82 Å². The third-order valence-corrected chi connectivity index (χ3v) is 2.69. The molecule has 18 heavy (non-hydrogen) atoms. The molecule has 0 spiro atoms. The summed E-state index contributed by atoms with van der Waals surface area (Å²) in [6, 6.07) is 6.09. The van der Waals surface area contributed by atoms with Crippen LogP contribution >= 0.6 is 0 Å². The van der Waals surface area contributed by atoms with Gasteiger partial charge in [0.15, 0.2) is 0 Å². The van der Waals surface area contributed by atoms with E-state index in [0.717, 1.165) is 11.3 Å². The van der Waals surface area contributed by atoms with E-state index in [0.29, 0.717) is 17.8 Å². The van der Waals surface area contributed by atoms with Crippen LogP contribution in [0.4, 0.5) is 10.1 Å². The lowest BCUT2D eigenvalue weighted by molar-refractivity contribution is 0.627. The summed E-state index contributed by atoms with van der Waals surface area (Å²) in [4.78, 5) is 0. The van der Waals surface area contributed by atoms with Gasteiger partial charge in [-0.3, -0.25) is 4.68 Å². The van der Waals surface area contributed by atoms with Crippen molar-refractivity contribution in [3.05, 3.63) is 47.0 Å². The van der Waals surface area contributed by atoms with Gasteiger partial charge in [-0.15, -0.1) is 0 Å². The molecule has 5 heteroatoms. The zero-order valence-corrected chi connectivity index (χ0v) is 10.2. The molecule has 2 aromatic rings. The zero-order chi connectivity index (χ0) is 13.1. The Bertz CT molecular complexity index is 610. The van der Waals surface area contributed by atoms with Crippen LogP contribution in [0.3, 0.4) is 0 Å². The molecule has 0 atom stereocenters. The fraction of sp³-hybridized carbons (Fsp3) is 0.231. The first-order valence-electron chi connectivity index (χ1n) is 5.53. The average molecular weight is 244 g/mol. The smallest absolute Gasteiger partial charge is 0.124 e. The number of halogens is 1. The molecule has 1 aromatic heterocycles. The molecule has 0 saturated carbocycles. The number of hydrogen-bond donors (Lipinski definition) is 1. The van der Waals surface area contributed by atoms with E-state index in [1.165, 1.54) is 12.1 Å². The highest BCUT2D eigenvalue weighted by Crippen LogP contribution is 2.17. The van der Waals surface area contributed by atoms with E-state index in [1.807, 2.05) is 26.2 Å². The Kier molecular flexibility index (Phi) is 3.28. The van der Waals surface area contributed by atoms with Gasteiger partial charge >= 0.3 is 0 Å². The lowest BCUT2D eigenvalue weighted by Crippen LogP contribution is -2.02. The van der Waals surface area contributed by atoms with Crippen LogP contribution < -0.4 is 5.32 Å². The highest BCUT2D eigenvalue weighted by molar-refractivity contribution is 5.57. The number of aryl methyl sites for hydroxylation is 2. The standard InChI is InChI=1S/C13H13FN4/c1-9-11(8-18(2)17-9)7-16-13-4-3-12(14)5-10(13)6-15/h3-5,8,16H,7H2,1-2H3. The Morgan fingerprint density at radius 1 is 1.50 bits per heavy atom. The third kappa shape index (κ3) is 2.48. The van der Waals surface area contributed by atoms with Gasteiger partial charge in [-0.05, 0) is 25.1 Å². The molecule has 2 rings (SSSR count). The van der Waals surface area contributed by atoms with Gasteiger partial charge in [-0.1, -0.05) is 0 Å². The largest absolute Gasteiger partial charge is 0.380 e. The predicted molar refractivity (Wildman–Crippen MR) is 66.4 cm³/mol. The molecular formula is C13H13FN4. The Labute approximate surface area is 105 Å². The highest BCUT2D eigenvalue weighted by atomic mass is 19.1. The summed E-state index contributed by atoms with van der Waals surface area (Å²) in [6.45, 7) is 2.48. The lowest BCUT2D eigenvalue weighted by Gasteiger charge is -2.07. The normalized spacial score (nSPS) is 10.1. The molecule has 0 aliphatic carbocycles. The van der Waals surface area contributed by atoms with Crippen LogP contribution in [0.1, 0.15) is 16.8 Å². The molecule has 4 nitrogen and oxygen atoms in total. The number of nitriles is 1. The van der Waals surface area contributed by atoms with Crippen LogP contribution in [0.2, 0.25) is 0 Å². The molecule has 1 N–H and O–H groups in total. The van der Waals surface area contributed by atoms with Crippen LogP contribution in [-0.2, 0) is 13.6 Å². The zero-order valence-electron chi connectivity index (χ0n) is 10.2. The summed E-state index contributed by atoms with van der Waals surface area (Å²) in [5, 5.41) is 16.3. The number of aromatic nitrogens is 2. The molecule has 0 amide bonds. The van der Waals surface area contributed by atoms with Crippen molar-refractivity contribution in [3.8, 4) is 6.07 Å². The van der Waals surface area contributed by atoms with E-state index in [2.05, 4.69) is 10.4 Å². The number of nitrogens with zero attached hydrogens (tertiary/aromatic N) is 3. The summed E-state index contributed by atoms with van der Waals surface area (Å²) in [6.07, 6.45) is 1.91. The summed E-state index contributed by atoms with van der Waals surface area (Å²) >= 11 is 0. The van der Waals surface area contributed by atoms with Crippen LogP contribution in [0, 0.1) is 24.1 Å². The van der Waals surface area contributed by atoms with Gasteiger partial charge in [0.25, 0.3) is 0 Å². The van der Waals surface area contributed by atoms with Crippen molar-refractivity contribution in [3.63, 3.8) is 0 Å². The van der Waals surface area contributed by atoms with E-state index in [1.54, 1.807) is 10.7 Å². The van der Waals surface area contributed by atoms with E-state index in [9.17, 15) is 4.39 Å². The van der Waals surface area contributed by atoms with Crippen molar-refractivity contribution in [1.82, 2.24) is 9.78 Å². The fourth-order valence-corrected chi connectivity index (χ4v) is 1.78. The molecule has 1 aromatic carbocycles. The number of benzene rings is 1. The second-order valence-corrected chi connectivity index (χ2v) is 4.07. The van der Waals surface area contributed by atoms with Crippen LogP contribution in [-0.4, -0.2) is 9.78 Å². The lowest BCUT2D eigenvalue weighted by atomic mass is 10.2. The molecule has 0 fully saturated rings. The van der Waals surface area contributed by atoms with Crippen molar-refractivity contribution in [2.75, 3.05) is 5.32 Å². The number of anilines is 1. The Morgan fingerprint density at radius 3 is 2.89 bits per heavy atom. The van der Waals surface area contributed by atoms with Crippen molar-refractivity contribution in [2.24, 2.45) is 7.05 Å². The molecule has 0 unspecified atom stereocenters. The van der Waals surface area contributed by atoms with Gasteiger partial charge in [0, 0.05) is 25.4 Å². The Hall–Kier alpha value is -2.35. The van der Waals surface area contributed by atoms with Gasteiger partial charge in [-0.2, -0.15) is 10.4 Å². The SMILES string of the molecule is Cc1nn(C)cc1CNc1ccc(F)cc1C#N. The highest BCUT2D eigenvalue weighted by Gasteiger charge is 2.06. The third-order valence-electron chi connectivity index (χ3n) is 2.69. The van der Waals surface area contributed by atoms with E-state index in [-0.39, 0.29) is 0 Å². The van der Waals surface area contributed by atoms with Gasteiger partial charge < -0.3 is 5.32 Å². The van der Waals surface area contributed by atoms with E-state index >= 15 is 0 Å². The number of rotatable bonds is 3. The molecule has 0 radical (unpaired) electrons. The molecule has 1 heterocycles. The van der Waals surface area contributed by atoms with Crippen LogP contribution in [0.25, 0.3) is 0 Å². The van der Waals surface area contributed by atoms with Crippen molar-refractivity contribution >= 4 is 5.69 Å². The topological polar surface area (TPSA) is 53.6 Å². The maximum atomic E-state index is 13.0. The monoisotopic (exact) mass is 244 g/mol. The van der Waals surface area contributed by atoms with Gasteiger partial charge in [0.2, 0.25) is 0 Å². The van der Waals surface area contributed by atoms with Crippen LogP contribution in [0.15, 0.2) is 24.4 Å². The molecular weight excluding hydrogens is 231 g/mol. The second kappa shape index (κ2) is 4.88. The van der Waals surface area contributed by atoms with Gasteiger partial charge in [0.05, 0.1) is 16.9 Å². The maximum Gasteiger partial charge on any atom is 0.124 e. The predicted octanol–water partition coefficient (Wildman–Crippen LogP) is 2.35. The number of hydrogen-bond acceptors (Lipinski definition) is 3. The molecule has 0 saturated heterocycles. The summed E-state index contributed by atoms with van der Waals surface area (Å²) in [5.74, 6) is -0.408. The van der Waals surface area contributed by atoms with Crippen molar-refractivity contribution < 1.29 is 4.39 Å². The summed E-state index contributed by atoms with van der Waals surface area (Å²) in [7, 11) is 1.86. The second-order valence-electron chi connectivity index (χ2n) is 4.07. The first kappa shape index (κ1) is 12.1. The minimum absolute atomic E-state index is 0.302. The minimum Gasteiger partial charge on any atom is -0.380 e. The van der Waals surface area contributed by atoms with Gasteiger partial charge in [-0.25, -0.2) is 4.39 Å². The molecule has 0 bridgehead atoms. The number of nitrogens with one attached hydrogen (secondary N) is 1. The molecule has 0 aliphatic heterocycles. The van der Waals surface area contributed by atoms with E-state index in [4.69, 9.17) is 5.26 Å². The molecule has 92 valence electrons. The Balaban J connectivity index is 2.16. The quantitative estimate of drug-likeness (QED) is 0.901. The summed E-state index contributed by atoms with van der Waals surface area (Å²) in [5.41, 5.74) is 2.91. The van der Waals surface area contributed by atoms with Crippen molar-refractivity contribution in [2.45, 2.75) is 13.5 Å². The fourth-order valence-electron chi connectivity index (χ4n) is 1.78. The Morgan fingerprint density at radius 2 is 2.28 bits per heavy atom. The first-order valence-corrected chi connectivity index (χ1v) is 5.53. The molecule has 0 aliphatic rings. The van der Waals surface area contributed by atoms with Crippen molar-refractivity contribution in [1.29, 1.82) is 5.26 Å². The van der Waals surface area contributed by atoms with Crippen LogP contribution in [0.5, 0.6) is 0 Å².